The van der Waals surface area contributed by atoms with E-state index in [1.165, 1.54) is 0 Å². The highest BCUT2D eigenvalue weighted by Gasteiger charge is 2.36. The molecular weight excluding hydrogens is 308 g/mol. The van der Waals surface area contributed by atoms with Gasteiger partial charge in [0.2, 0.25) is 11.1 Å². The number of Topliss-reactive ketones (excluding diaryl/α,β-unsaturated/α-hetero) is 1. The normalized spacial score (nSPS) is 20.0. The average Bonchev–Trinajstić information content (AvgIpc) is 2.96. The van der Waals surface area contributed by atoms with Crippen LogP contribution in [0.4, 0.5) is 5.95 Å². The maximum absolute atomic E-state index is 12.6. The molecule has 6 heteroatoms. The van der Waals surface area contributed by atoms with Crippen molar-refractivity contribution in [2.75, 3.05) is 11.1 Å². The van der Waals surface area contributed by atoms with Gasteiger partial charge in [-0.05, 0) is 24.2 Å². The van der Waals surface area contributed by atoms with Crippen molar-refractivity contribution >= 4 is 23.5 Å². The van der Waals surface area contributed by atoms with E-state index >= 15 is 0 Å². The summed E-state index contributed by atoms with van der Waals surface area (Å²) in [4.78, 5) is 17.2. The standard InChI is InChI=1S/C17H18N4OS/c1-2-23-17-19-16-18-12-9-6-10-13(22)14(12)15(21(16)20-17)11-7-4-3-5-8-11/h3-5,7-8,15H,2,6,9-10H2,1H3,(H,18,19,20)/t15-/m0/s1. The first kappa shape index (κ1) is 14.5. The van der Waals surface area contributed by atoms with Crippen LogP contribution in [0, 0.1) is 0 Å². The van der Waals surface area contributed by atoms with E-state index in [9.17, 15) is 4.79 Å². The van der Waals surface area contributed by atoms with Crippen molar-refractivity contribution in [3.63, 3.8) is 0 Å². The van der Waals surface area contributed by atoms with Gasteiger partial charge in [-0.1, -0.05) is 49.0 Å². The quantitative estimate of drug-likeness (QED) is 0.876. The van der Waals surface area contributed by atoms with E-state index in [1.54, 1.807) is 11.8 Å². The molecule has 0 fully saturated rings. The number of carbonyl (C=O) groups excluding carboxylic acids is 1. The molecule has 0 saturated heterocycles. The van der Waals surface area contributed by atoms with E-state index in [0.29, 0.717) is 6.42 Å². The molecule has 0 spiro atoms. The number of hydrogen-bond acceptors (Lipinski definition) is 5. The number of carbonyl (C=O) groups is 1. The summed E-state index contributed by atoms with van der Waals surface area (Å²) < 4.78 is 1.87. The second kappa shape index (κ2) is 5.85. The van der Waals surface area contributed by atoms with Gasteiger partial charge in [-0.3, -0.25) is 4.79 Å². The smallest absolute Gasteiger partial charge is 0.227 e. The van der Waals surface area contributed by atoms with Gasteiger partial charge in [-0.25, -0.2) is 4.68 Å². The van der Waals surface area contributed by atoms with Gasteiger partial charge in [0, 0.05) is 17.7 Å². The number of fused-ring (bicyclic) bond motifs is 1. The Labute approximate surface area is 139 Å². The van der Waals surface area contributed by atoms with E-state index in [1.807, 2.05) is 22.9 Å². The Kier molecular flexibility index (Phi) is 3.69. The third-order valence-electron chi connectivity index (χ3n) is 4.24. The fourth-order valence-electron chi connectivity index (χ4n) is 3.27. The molecule has 0 amide bonds. The van der Waals surface area contributed by atoms with Crippen LogP contribution in [0.5, 0.6) is 0 Å². The molecule has 118 valence electrons. The average molecular weight is 326 g/mol. The van der Waals surface area contributed by atoms with Gasteiger partial charge < -0.3 is 5.32 Å². The number of thioether (sulfide) groups is 1. The van der Waals surface area contributed by atoms with Crippen LogP contribution < -0.4 is 5.32 Å². The molecule has 1 aromatic carbocycles. The fraction of sp³-hybridized carbons (Fsp3) is 0.353. The molecule has 0 saturated carbocycles. The number of anilines is 1. The summed E-state index contributed by atoms with van der Waals surface area (Å²) in [6.07, 6.45) is 2.41. The van der Waals surface area contributed by atoms with E-state index in [4.69, 9.17) is 0 Å². The van der Waals surface area contributed by atoms with Crippen molar-refractivity contribution < 1.29 is 4.79 Å². The van der Waals surface area contributed by atoms with Crippen molar-refractivity contribution in [2.45, 2.75) is 37.4 Å². The Bertz CT molecular complexity index is 781. The molecule has 1 aromatic heterocycles. The van der Waals surface area contributed by atoms with Gasteiger partial charge in [0.25, 0.3) is 0 Å². The molecule has 1 aliphatic heterocycles. The first-order chi connectivity index (χ1) is 11.3. The largest absolute Gasteiger partial charge is 0.328 e. The molecule has 23 heavy (non-hydrogen) atoms. The minimum Gasteiger partial charge on any atom is -0.328 e. The molecule has 1 atom stereocenters. The van der Waals surface area contributed by atoms with Crippen LogP contribution in [-0.2, 0) is 4.79 Å². The van der Waals surface area contributed by atoms with Crippen LogP contribution in [0.2, 0.25) is 0 Å². The zero-order valence-corrected chi connectivity index (χ0v) is 13.8. The number of benzene rings is 1. The Morgan fingerprint density at radius 2 is 2.13 bits per heavy atom. The molecule has 1 N–H and O–H groups in total. The molecule has 4 rings (SSSR count). The number of rotatable bonds is 3. The van der Waals surface area contributed by atoms with E-state index in [0.717, 1.165) is 46.5 Å². The number of nitrogens with one attached hydrogen (secondary N) is 1. The Morgan fingerprint density at radius 1 is 1.30 bits per heavy atom. The highest BCUT2D eigenvalue weighted by molar-refractivity contribution is 7.99. The van der Waals surface area contributed by atoms with Gasteiger partial charge in [0.15, 0.2) is 5.78 Å². The van der Waals surface area contributed by atoms with Crippen LogP contribution in [-0.4, -0.2) is 26.3 Å². The summed E-state index contributed by atoms with van der Waals surface area (Å²) >= 11 is 1.61. The van der Waals surface area contributed by atoms with Crippen molar-refractivity contribution in [3.05, 3.63) is 47.2 Å². The summed E-state index contributed by atoms with van der Waals surface area (Å²) in [5, 5.41) is 8.74. The molecule has 0 unspecified atom stereocenters. The molecular formula is C17H18N4OS. The Balaban J connectivity index is 1.87. The lowest BCUT2D eigenvalue weighted by Gasteiger charge is -2.32. The predicted octanol–water partition coefficient (Wildman–Crippen LogP) is 3.41. The zero-order valence-electron chi connectivity index (χ0n) is 13.0. The minimum atomic E-state index is -0.172. The summed E-state index contributed by atoms with van der Waals surface area (Å²) in [5.41, 5.74) is 2.95. The van der Waals surface area contributed by atoms with Crippen molar-refractivity contribution in [2.24, 2.45) is 0 Å². The predicted molar refractivity (Wildman–Crippen MR) is 90.5 cm³/mol. The first-order valence-electron chi connectivity index (χ1n) is 7.95. The molecule has 1 aliphatic carbocycles. The molecule has 5 nitrogen and oxygen atoms in total. The van der Waals surface area contributed by atoms with Crippen LogP contribution in [0.3, 0.4) is 0 Å². The second-order valence-electron chi connectivity index (χ2n) is 5.70. The van der Waals surface area contributed by atoms with Gasteiger partial charge >= 0.3 is 0 Å². The number of ketones is 1. The lowest BCUT2D eigenvalue weighted by molar-refractivity contribution is -0.116. The number of aromatic nitrogens is 3. The first-order valence-corrected chi connectivity index (χ1v) is 8.94. The lowest BCUT2D eigenvalue weighted by atomic mass is 9.85. The molecule has 0 bridgehead atoms. The maximum atomic E-state index is 12.6. The van der Waals surface area contributed by atoms with Crippen LogP contribution in [0.1, 0.15) is 37.8 Å². The zero-order chi connectivity index (χ0) is 15.8. The van der Waals surface area contributed by atoms with Crippen molar-refractivity contribution in [1.29, 1.82) is 0 Å². The van der Waals surface area contributed by atoms with Crippen LogP contribution in [0.25, 0.3) is 0 Å². The third-order valence-corrected chi connectivity index (χ3v) is 4.96. The van der Waals surface area contributed by atoms with Gasteiger partial charge in [0.05, 0.1) is 0 Å². The molecule has 2 heterocycles. The SMILES string of the molecule is CCSc1nc2n(n1)[C@@H](c1ccccc1)C1=C(CCCC1=O)N2. The van der Waals surface area contributed by atoms with Crippen LogP contribution in [0.15, 0.2) is 46.8 Å². The molecule has 0 radical (unpaired) electrons. The highest BCUT2D eigenvalue weighted by Crippen LogP contribution is 2.40. The molecule has 2 aliphatic rings. The monoisotopic (exact) mass is 326 g/mol. The van der Waals surface area contributed by atoms with Crippen molar-refractivity contribution in [1.82, 2.24) is 14.8 Å². The van der Waals surface area contributed by atoms with Crippen LogP contribution >= 0.6 is 11.8 Å². The van der Waals surface area contributed by atoms with E-state index in [2.05, 4.69) is 34.5 Å². The Hall–Kier alpha value is -2.08. The van der Waals surface area contributed by atoms with Gasteiger partial charge in [0.1, 0.15) is 6.04 Å². The number of hydrogen-bond donors (Lipinski definition) is 1. The molecule has 2 aromatic rings. The Morgan fingerprint density at radius 3 is 2.91 bits per heavy atom. The summed E-state index contributed by atoms with van der Waals surface area (Å²) in [6.45, 7) is 2.08. The summed E-state index contributed by atoms with van der Waals surface area (Å²) in [7, 11) is 0. The number of allylic oxidation sites excluding steroid dienone is 2. The highest BCUT2D eigenvalue weighted by atomic mass is 32.2. The van der Waals surface area contributed by atoms with E-state index in [-0.39, 0.29) is 11.8 Å². The van der Waals surface area contributed by atoms with Gasteiger partial charge in [-0.15, -0.1) is 5.10 Å². The fourth-order valence-corrected chi connectivity index (χ4v) is 3.83. The summed E-state index contributed by atoms with van der Waals surface area (Å²) in [6, 6.07) is 9.94. The van der Waals surface area contributed by atoms with Gasteiger partial charge in [-0.2, -0.15) is 4.98 Å². The summed E-state index contributed by atoms with van der Waals surface area (Å²) in [5.74, 6) is 1.88. The maximum Gasteiger partial charge on any atom is 0.227 e. The third kappa shape index (κ3) is 2.47. The number of nitrogens with zero attached hydrogens (tertiary/aromatic N) is 3. The van der Waals surface area contributed by atoms with E-state index < -0.39 is 0 Å². The van der Waals surface area contributed by atoms with Crippen molar-refractivity contribution in [3.8, 4) is 0 Å². The lowest BCUT2D eigenvalue weighted by Crippen LogP contribution is -2.31. The second-order valence-corrected chi connectivity index (χ2v) is 6.93. The minimum absolute atomic E-state index is 0.172. The topological polar surface area (TPSA) is 59.8 Å².